The van der Waals surface area contributed by atoms with Crippen molar-refractivity contribution in [2.24, 2.45) is 15.9 Å². The quantitative estimate of drug-likeness (QED) is 0.372. The normalized spacial score (nSPS) is 29.0. The van der Waals surface area contributed by atoms with E-state index in [9.17, 15) is 14.5 Å². The summed E-state index contributed by atoms with van der Waals surface area (Å²) in [7, 11) is 0. The standard InChI is InChI=1S/C20H35N3O4S/c1-6-27-19(25)15-9-10-16(28-22-26)17(15)21-13(2)18(24)23-11-7-8-14(23)12-20(3,4)5/h13-17,21H,6-12H2,1-5H3. The zero-order valence-electron chi connectivity index (χ0n) is 17.8. The van der Waals surface area contributed by atoms with Crippen LogP contribution < -0.4 is 5.32 Å². The number of hydrogen-bond donors (Lipinski definition) is 1. The van der Waals surface area contributed by atoms with Gasteiger partial charge in [-0.1, -0.05) is 20.8 Å². The van der Waals surface area contributed by atoms with Crippen molar-refractivity contribution in [1.82, 2.24) is 10.2 Å². The lowest BCUT2D eigenvalue weighted by atomic mass is 9.87. The molecule has 1 heterocycles. The lowest BCUT2D eigenvalue weighted by Crippen LogP contribution is -2.53. The molecular weight excluding hydrogens is 378 g/mol. The van der Waals surface area contributed by atoms with E-state index in [1.807, 2.05) is 11.8 Å². The fourth-order valence-corrected chi connectivity index (χ4v) is 5.28. The van der Waals surface area contributed by atoms with Gasteiger partial charge in [-0.25, -0.2) is 0 Å². The van der Waals surface area contributed by atoms with Crippen LogP contribution in [0, 0.1) is 16.2 Å². The van der Waals surface area contributed by atoms with Gasteiger partial charge in [0, 0.05) is 40.4 Å². The average molecular weight is 414 g/mol. The maximum Gasteiger partial charge on any atom is 0.310 e. The van der Waals surface area contributed by atoms with Crippen LogP contribution in [-0.4, -0.2) is 53.3 Å². The second kappa shape index (κ2) is 10.1. The first-order chi connectivity index (χ1) is 13.2. The number of nitroso groups, excluding NO2 is 1. The molecule has 1 aliphatic carbocycles. The zero-order valence-corrected chi connectivity index (χ0v) is 18.6. The molecule has 1 N–H and O–H groups in total. The largest absolute Gasteiger partial charge is 0.466 e. The van der Waals surface area contributed by atoms with E-state index in [4.69, 9.17) is 4.74 Å². The zero-order chi connectivity index (χ0) is 20.9. The van der Waals surface area contributed by atoms with Crippen molar-refractivity contribution < 1.29 is 14.3 Å². The highest BCUT2D eigenvalue weighted by atomic mass is 32.2. The number of ether oxygens (including phenoxy) is 1. The third-order valence-corrected chi connectivity index (χ3v) is 6.57. The molecule has 5 unspecified atom stereocenters. The average Bonchev–Trinajstić information content (AvgIpc) is 3.21. The molecule has 0 spiro atoms. The molecule has 1 amide bonds. The highest BCUT2D eigenvalue weighted by Gasteiger charge is 2.44. The Hall–Kier alpha value is -1.15. The summed E-state index contributed by atoms with van der Waals surface area (Å²) in [5, 5.41) is 3.23. The van der Waals surface area contributed by atoms with Crippen molar-refractivity contribution in [2.45, 2.75) is 90.1 Å². The number of carbonyl (C=O) groups excluding carboxylic acids is 2. The predicted octanol–water partition coefficient (Wildman–Crippen LogP) is 3.52. The molecule has 160 valence electrons. The van der Waals surface area contributed by atoms with E-state index >= 15 is 0 Å². The molecule has 5 atom stereocenters. The maximum absolute atomic E-state index is 13.2. The molecule has 2 rings (SSSR count). The van der Waals surface area contributed by atoms with E-state index in [2.05, 4.69) is 30.7 Å². The Balaban J connectivity index is 2.06. The Morgan fingerprint density at radius 3 is 2.61 bits per heavy atom. The Bertz CT molecular complexity index is 566. The van der Waals surface area contributed by atoms with E-state index in [0.717, 1.165) is 37.8 Å². The van der Waals surface area contributed by atoms with Gasteiger partial charge in [0.1, 0.15) is 0 Å². The van der Waals surface area contributed by atoms with Crippen molar-refractivity contribution in [1.29, 1.82) is 0 Å². The maximum atomic E-state index is 13.2. The smallest absolute Gasteiger partial charge is 0.310 e. The third kappa shape index (κ3) is 5.92. The van der Waals surface area contributed by atoms with E-state index in [-0.39, 0.29) is 40.5 Å². The molecule has 2 aliphatic rings. The van der Waals surface area contributed by atoms with Crippen LogP contribution in [0.2, 0.25) is 0 Å². The van der Waals surface area contributed by atoms with Gasteiger partial charge in [-0.3, -0.25) is 9.59 Å². The minimum absolute atomic E-state index is 0.0732. The first-order valence-electron chi connectivity index (χ1n) is 10.4. The Labute approximate surface area is 172 Å². The van der Waals surface area contributed by atoms with Crippen LogP contribution in [0.15, 0.2) is 4.58 Å². The van der Waals surface area contributed by atoms with E-state index in [0.29, 0.717) is 19.4 Å². The summed E-state index contributed by atoms with van der Waals surface area (Å²) in [5.41, 5.74) is 0.169. The van der Waals surface area contributed by atoms with E-state index in [1.165, 1.54) is 0 Å². The Morgan fingerprint density at radius 2 is 2.00 bits per heavy atom. The number of nitrogens with one attached hydrogen (secondary N) is 1. The lowest BCUT2D eigenvalue weighted by Gasteiger charge is -2.34. The van der Waals surface area contributed by atoms with Crippen LogP contribution in [0.3, 0.4) is 0 Å². The molecule has 0 aromatic carbocycles. The van der Waals surface area contributed by atoms with Gasteiger partial charge in [0.15, 0.2) is 0 Å². The summed E-state index contributed by atoms with van der Waals surface area (Å²) >= 11 is 0.955. The van der Waals surface area contributed by atoms with Crippen molar-refractivity contribution in [3.8, 4) is 0 Å². The number of hydrogen-bond acceptors (Lipinski definition) is 7. The second-order valence-electron chi connectivity index (χ2n) is 9.16. The van der Waals surface area contributed by atoms with E-state index < -0.39 is 6.04 Å². The monoisotopic (exact) mass is 413 g/mol. The van der Waals surface area contributed by atoms with Gasteiger partial charge >= 0.3 is 5.97 Å². The van der Waals surface area contributed by atoms with Crippen LogP contribution in [0.1, 0.15) is 66.7 Å². The predicted molar refractivity (Wildman–Crippen MR) is 112 cm³/mol. The Kier molecular flexibility index (Phi) is 8.30. The molecule has 1 aliphatic heterocycles. The number of carbonyl (C=O) groups is 2. The van der Waals surface area contributed by atoms with Gasteiger partial charge in [-0.05, 0) is 51.4 Å². The number of amides is 1. The molecule has 0 radical (unpaired) electrons. The molecular formula is C20H35N3O4S. The van der Waals surface area contributed by atoms with Crippen molar-refractivity contribution in [3.05, 3.63) is 4.91 Å². The number of nitrogens with zero attached hydrogens (tertiary/aromatic N) is 2. The summed E-state index contributed by atoms with van der Waals surface area (Å²) in [6.45, 7) is 11.3. The topological polar surface area (TPSA) is 88.1 Å². The second-order valence-corrected chi connectivity index (χ2v) is 10.1. The van der Waals surface area contributed by atoms with Crippen molar-refractivity contribution in [3.63, 3.8) is 0 Å². The summed E-state index contributed by atoms with van der Waals surface area (Å²) in [6.07, 6.45) is 4.39. The van der Waals surface area contributed by atoms with Gasteiger partial charge in [-0.15, -0.1) is 4.91 Å². The molecule has 8 heteroatoms. The SMILES string of the molecule is CCOC(=O)C1CCC(SN=O)C1NC(C)C(=O)N1CCCC1CC(C)(C)C. The van der Waals surface area contributed by atoms with Crippen LogP contribution >= 0.6 is 11.9 Å². The first-order valence-corrected chi connectivity index (χ1v) is 11.2. The Morgan fingerprint density at radius 1 is 1.29 bits per heavy atom. The summed E-state index contributed by atoms with van der Waals surface area (Å²) in [4.78, 5) is 38.3. The summed E-state index contributed by atoms with van der Waals surface area (Å²) < 4.78 is 8.17. The molecule has 1 saturated heterocycles. The molecule has 0 aromatic heterocycles. The highest BCUT2D eigenvalue weighted by Crippen LogP contribution is 2.36. The molecule has 0 aromatic rings. The fraction of sp³-hybridized carbons (Fsp3) is 0.900. The number of likely N-dealkylation sites (tertiary alicyclic amines) is 1. The molecule has 0 bridgehead atoms. The van der Waals surface area contributed by atoms with Crippen LogP contribution in [-0.2, 0) is 14.3 Å². The lowest BCUT2D eigenvalue weighted by molar-refractivity contribution is -0.149. The van der Waals surface area contributed by atoms with E-state index in [1.54, 1.807) is 6.92 Å². The van der Waals surface area contributed by atoms with Crippen LogP contribution in [0.4, 0.5) is 0 Å². The van der Waals surface area contributed by atoms with Crippen molar-refractivity contribution >= 4 is 23.8 Å². The number of esters is 1. The number of rotatable bonds is 8. The van der Waals surface area contributed by atoms with Gasteiger partial charge < -0.3 is 15.0 Å². The fourth-order valence-electron chi connectivity index (χ4n) is 4.53. The first kappa shape index (κ1) is 23.1. The highest BCUT2D eigenvalue weighted by molar-refractivity contribution is 7.98. The van der Waals surface area contributed by atoms with Crippen LogP contribution in [0.25, 0.3) is 0 Å². The molecule has 28 heavy (non-hydrogen) atoms. The molecule has 1 saturated carbocycles. The van der Waals surface area contributed by atoms with Crippen molar-refractivity contribution in [2.75, 3.05) is 13.2 Å². The summed E-state index contributed by atoms with van der Waals surface area (Å²) in [5.74, 6) is -0.539. The third-order valence-electron chi connectivity index (χ3n) is 5.69. The molecule has 2 fully saturated rings. The van der Waals surface area contributed by atoms with Gasteiger partial charge in [0.25, 0.3) is 0 Å². The van der Waals surface area contributed by atoms with Crippen LogP contribution in [0.5, 0.6) is 0 Å². The van der Waals surface area contributed by atoms with Gasteiger partial charge in [0.05, 0.1) is 18.6 Å². The summed E-state index contributed by atoms with van der Waals surface area (Å²) in [6, 6.07) is -0.442. The van der Waals surface area contributed by atoms with Gasteiger partial charge in [0.2, 0.25) is 5.91 Å². The molecule has 7 nitrogen and oxygen atoms in total. The minimum Gasteiger partial charge on any atom is -0.466 e. The minimum atomic E-state index is -0.421. The van der Waals surface area contributed by atoms with Gasteiger partial charge in [-0.2, -0.15) is 0 Å².